The fourth-order valence-electron chi connectivity index (χ4n) is 3.17. The quantitative estimate of drug-likeness (QED) is 0.465. The second-order valence-electron chi connectivity index (χ2n) is 6.57. The van der Waals surface area contributed by atoms with E-state index < -0.39 is 12.5 Å². The van der Waals surface area contributed by atoms with Crippen molar-refractivity contribution < 1.29 is 27.6 Å². The average molecular weight is 425 g/mol. The molecule has 0 unspecified atom stereocenters. The molecule has 1 amide bonds. The molecular weight excluding hydrogens is 408 g/mol. The van der Waals surface area contributed by atoms with E-state index in [-0.39, 0.29) is 28.5 Å². The Morgan fingerprint density at radius 2 is 1.87 bits per heavy atom. The second kappa shape index (κ2) is 8.39. The van der Waals surface area contributed by atoms with Crippen molar-refractivity contribution in [1.29, 1.82) is 0 Å². The lowest BCUT2D eigenvalue weighted by molar-refractivity contribution is -0.0511. The minimum atomic E-state index is -3.03. The molecule has 0 spiro atoms. The monoisotopic (exact) mass is 425 g/mol. The van der Waals surface area contributed by atoms with Crippen LogP contribution in [0.4, 0.5) is 14.5 Å². The highest BCUT2D eigenvalue weighted by molar-refractivity contribution is 6.13. The number of nitrogens with one attached hydrogen (secondary N) is 1. The zero-order valence-electron chi connectivity index (χ0n) is 16.6. The third kappa shape index (κ3) is 4.16. The van der Waals surface area contributed by atoms with Crippen molar-refractivity contribution in [2.45, 2.75) is 13.5 Å². The van der Waals surface area contributed by atoms with Gasteiger partial charge in [0.15, 0.2) is 11.5 Å². The topological polar surface area (TPSA) is 86.5 Å². The number of nitrogens with zero attached hydrogens (tertiary/aromatic N) is 2. The predicted molar refractivity (Wildman–Crippen MR) is 110 cm³/mol. The summed E-state index contributed by atoms with van der Waals surface area (Å²) in [5.74, 6) is -0.559. The number of ether oxygens (including phenoxy) is 2. The number of pyridine rings is 1. The molecule has 7 nitrogen and oxygen atoms in total. The molecule has 0 atom stereocenters. The fourth-order valence-corrected chi connectivity index (χ4v) is 3.17. The third-order valence-electron chi connectivity index (χ3n) is 4.57. The van der Waals surface area contributed by atoms with Gasteiger partial charge in [0.05, 0.1) is 29.4 Å². The number of fused-ring (bicyclic) bond motifs is 1. The van der Waals surface area contributed by atoms with Gasteiger partial charge >= 0.3 is 6.61 Å². The Balaban J connectivity index is 1.73. The van der Waals surface area contributed by atoms with Gasteiger partial charge in [0.25, 0.3) is 11.6 Å². The minimum absolute atomic E-state index is 0.117. The van der Waals surface area contributed by atoms with Crippen molar-refractivity contribution in [3.05, 3.63) is 65.9 Å². The van der Waals surface area contributed by atoms with E-state index in [1.165, 1.54) is 25.3 Å². The molecule has 2 aromatic carbocycles. The maximum atomic E-state index is 13.1. The van der Waals surface area contributed by atoms with Gasteiger partial charge in [-0.2, -0.15) is 8.78 Å². The number of anilines is 1. The van der Waals surface area contributed by atoms with E-state index in [0.717, 1.165) is 5.56 Å². The lowest BCUT2D eigenvalue weighted by atomic mass is 10.0. The molecule has 0 bridgehead atoms. The molecule has 0 aliphatic rings. The zero-order valence-corrected chi connectivity index (χ0v) is 16.6. The van der Waals surface area contributed by atoms with Crippen LogP contribution in [-0.4, -0.2) is 29.8 Å². The summed E-state index contributed by atoms with van der Waals surface area (Å²) in [7, 11) is 1.33. The molecule has 0 aliphatic carbocycles. The molecule has 4 aromatic rings. The SMILES string of the molecule is COc1ccc(NC(=O)c2cc(-c3ccccc3)nc3onc(C)c23)cc1OC(F)F. The van der Waals surface area contributed by atoms with E-state index in [2.05, 4.69) is 20.2 Å². The van der Waals surface area contributed by atoms with Gasteiger partial charge in [-0.05, 0) is 25.1 Å². The normalized spacial score (nSPS) is 11.0. The highest BCUT2D eigenvalue weighted by Crippen LogP contribution is 2.32. The van der Waals surface area contributed by atoms with E-state index in [1.807, 2.05) is 30.3 Å². The standard InChI is InChI=1S/C22H17F2N3O4/c1-12-19-15(11-16(26-21(19)31-27-12)13-6-4-3-5-7-13)20(28)25-14-8-9-17(29-2)18(10-14)30-22(23)24/h3-11,22H,1-2H3,(H,25,28). The number of carbonyl (C=O) groups excluding carboxylic acids is 1. The van der Waals surface area contributed by atoms with Crippen LogP contribution in [0.5, 0.6) is 11.5 Å². The molecular formula is C22H17F2N3O4. The molecule has 158 valence electrons. The van der Waals surface area contributed by atoms with Crippen LogP contribution in [0, 0.1) is 6.92 Å². The van der Waals surface area contributed by atoms with Crippen LogP contribution in [0.25, 0.3) is 22.4 Å². The van der Waals surface area contributed by atoms with Crippen LogP contribution in [-0.2, 0) is 0 Å². The lowest BCUT2D eigenvalue weighted by Gasteiger charge is -2.13. The van der Waals surface area contributed by atoms with E-state index >= 15 is 0 Å². The minimum Gasteiger partial charge on any atom is -0.493 e. The molecule has 9 heteroatoms. The summed E-state index contributed by atoms with van der Waals surface area (Å²) in [6.45, 7) is -1.33. The fraction of sp³-hybridized carbons (Fsp3) is 0.136. The van der Waals surface area contributed by atoms with Gasteiger partial charge < -0.3 is 19.3 Å². The maximum absolute atomic E-state index is 13.1. The Bertz CT molecular complexity index is 1240. The van der Waals surface area contributed by atoms with E-state index in [1.54, 1.807) is 13.0 Å². The highest BCUT2D eigenvalue weighted by atomic mass is 19.3. The third-order valence-corrected chi connectivity index (χ3v) is 4.57. The molecule has 31 heavy (non-hydrogen) atoms. The Kier molecular flexibility index (Phi) is 5.48. The van der Waals surface area contributed by atoms with E-state index in [9.17, 15) is 13.6 Å². The van der Waals surface area contributed by atoms with Crippen molar-refractivity contribution in [2.75, 3.05) is 12.4 Å². The highest BCUT2D eigenvalue weighted by Gasteiger charge is 2.20. The molecule has 2 aromatic heterocycles. The summed E-state index contributed by atoms with van der Waals surface area (Å²) in [5.41, 5.74) is 2.59. The van der Waals surface area contributed by atoms with Crippen LogP contribution in [0.15, 0.2) is 59.1 Å². The number of aromatic nitrogens is 2. The van der Waals surface area contributed by atoms with E-state index in [0.29, 0.717) is 16.8 Å². The first-order valence-electron chi connectivity index (χ1n) is 9.23. The van der Waals surface area contributed by atoms with E-state index in [4.69, 9.17) is 9.26 Å². The number of aryl methyl sites for hydroxylation is 1. The van der Waals surface area contributed by atoms with Gasteiger partial charge in [-0.25, -0.2) is 4.98 Å². The number of methoxy groups -OCH3 is 1. The van der Waals surface area contributed by atoms with Crippen LogP contribution in [0.3, 0.4) is 0 Å². The lowest BCUT2D eigenvalue weighted by Crippen LogP contribution is -2.13. The van der Waals surface area contributed by atoms with Crippen LogP contribution >= 0.6 is 0 Å². The molecule has 0 aliphatic heterocycles. The van der Waals surface area contributed by atoms with Gasteiger partial charge in [-0.1, -0.05) is 35.5 Å². The largest absolute Gasteiger partial charge is 0.493 e. The maximum Gasteiger partial charge on any atom is 0.387 e. The summed E-state index contributed by atoms with van der Waals surface area (Å²) < 4.78 is 40.2. The zero-order chi connectivity index (χ0) is 22.0. The Morgan fingerprint density at radius 1 is 1.10 bits per heavy atom. The first-order chi connectivity index (χ1) is 15.0. The van der Waals surface area contributed by atoms with Gasteiger partial charge in [0.1, 0.15) is 0 Å². The summed E-state index contributed by atoms with van der Waals surface area (Å²) >= 11 is 0. The van der Waals surface area contributed by atoms with Crippen molar-refractivity contribution in [2.24, 2.45) is 0 Å². The molecule has 1 N–H and O–H groups in total. The van der Waals surface area contributed by atoms with Gasteiger partial charge in [0, 0.05) is 17.3 Å². The number of hydrogen-bond acceptors (Lipinski definition) is 6. The molecule has 4 rings (SSSR count). The van der Waals surface area contributed by atoms with Crippen LogP contribution in [0.1, 0.15) is 16.1 Å². The Morgan fingerprint density at radius 3 is 2.58 bits per heavy atom. The smallest absolute Gasteiger partial charge is 0.387 e. The van der Waals surface area contributed by atoms with Crippen LogP contribution in [0.2, 0.25) is 0 Å². The van der Waals surface area contributed by atoms with Gasteiger partial charge in [0.2, 0.25) is 0 Å². The van der Waals surface area contributed by atoms with Gasteiger partial charge in [-0.3, -0.25) is 4.79 Å². The molecule has 0 saturated heterocycles. The van der Waals surface area contributed by atoms with Crippen molar-refractivity contribution in [1.82, 2.24) is 10.1 Å². The Hall–Kier alpha value is -4.01. The first kappa shape index (κ1) is 20.3. The molecule has 0 saturated carbocycles. The number of amides is 1. The number of alkyl halides is 2. The number of hydrogen-bond donors (Lipinski definition) is 1. The van der Waals surface area contributed by atoms with Crippen LogP contribution < -0.4 is 14.8 Å². The second-order valence-corrected chi connectivity index (χ2v) is 6.57. The molecule has 0 radical (unpaired) electrons. The average Bonchev–Trinajstić information content (AvgIpc) is 3.14. The number of halogens is 2. The summed E-state index contributed by atoms with van der Waals surface area (Å²) in [4.78, 5) is 17.6. The van der Waals surface area contributed by atoms with Crippen molar-refractivity contribution >= 4 is 22.7 Å². The predicted octanol–water partition coefficient (Wildman–Crippen LogP) is 5.06. The number of carbonyl (C=O) groups is 1. The molecule has 2 heterocycles. The molecule has 0 fully saturated rings. The van der Waals surface area contributed by atoms with Gasteiger partial charge in [-0.15, -0.1) is 0 Å². The summed E-state index contributed by atoms with van der Waals surface area (Å²) in [6, 6.07) is 15.1. The number of benzene rings is 2. The summed E-state index contributed by atoms with van der Waals surface area (Å²) in [5, 5.41) is 7.07. The number of rotatable bonds is 6. The first-order valence-corrected chi connectivity index (χ1v) is 9.23. The van der Waals surface area contributed by atoms with Crippen molar-refractivity contribution in [3.63, 3.8) is 0 Å². The summed E-state index contributed by atoms with van der Waals surface area (Å²) in [6.07, 6.45) is 0. The Labute approximate surface area is 175 Å². The van der Waals surface area contributed by atoms with Crippen molar-refractivity contribution in [3.8, 4) is 22.8 Å².